The number of rotatable bonds is 2. The summed E-state index contributed by atoms with van der Waals surface area (Å²) < 4.78 is 0. The van der Waals surface area contributed by atoms with E-state index < -0.39 is 0 Å². The van der Waals surface area contributed by atoms with Gasteiger partial charge < -0.3 is 9.80 Å². The number of carbonyl (C=O) groups excluding carboxylic acids is 1. The molecule has 0 aliphatic carbocycles. The number of carbonyl (C=O) groups is 1. The lowest BCUT2D eigenvalue weighted by Crippen LogP contribution is -2.48. The van der Waals surface area contributed by atoms with Gasteiger partial charge in [-0.3, -0.25) is 9.78 Å². The van der Waals surface area contributed by atoms with Crippen molar-refractivity contribution in [2.24, 2.45) is 0 Å². The summed E-state index contributed by atoms with van der Waals surface area (Å²) in [5, 5.41) is 0. The average Bonchev–Trinajstić information content (AvgIpc) is 2.56. The Balaban J connectivity index is 0.00000121. The molecule has 1 aliphatic heterocycles. The predicted molar refractivity (Wildman–Crippen MR) is 93.3 cm³/mol. The van der Waals surface area contributed by atoms with E-state index in [1.807, 2.05) is 29.2 Å². The van der Waals surface area contributed by atoms with Crippen LogP contribution in [-0.4, -0.2) is 42.0 Å². The van der Waals surface area contributed by atoms with Crippen molar-refractivity contribution in [3.05, 3.63) is 60.4 Å². The lowest BCUT2D eigenvalue weighted by atomic mass is 10.2. The van der Waals surface area contributed by atoms with E-state index in [-0.39, 0.29) is 30.7 Å². The van der Waals surface area contributed by atoms with E-state index in [0.29, 0.717) is 5.56 Å². The summed E-state index contributed by atoms with van der Waals surface area (Å²) in [5.41, 5.74) is 1.89. The Hall–Kier alpha value is -1.78. The highest BCUT2D eigenvalue weighted by atomic mass is 35.5. The van der Waals surface area contributed by atoms with Crippen LogP contribution in [0.3, 0.4) is 0 Å². The van der Waals surface area contributed by atoms with Crippen molar-refractivity contribution in [3.8, 4) is 0 Å². The number of aromatic nitrogens is 1. The number of benzene rings is 1. The van der Waals surface area contributed by atoms with Crippen molar-refractivity contribution in [2.75, 3.05) is 31.1 Å². The fraction of sp³-hybridized carbons (Fsp3) is 0.250. The van der Waals surface area contributed by atoms with Crippen LogP contribution in [0.25, 0.3) is 0 Å². The fourth-order valence-corrected chi connectivity index (χ4v) is 2.48. The summed E-state index contributed by atoms with van der Waals surface area (Å²) in [6.07, 6.45) is 3.32. The minimum Gasteiger partial charge on any atom is -0.368 e. The summed E-state index contributed by atoms with van der Waals surface area (Å²) >= 11 is 0. The van der Waals surface area contributed by atoms with Gasteiger partial charge in [-0.2, -0.15) is 0 Å². The van der Waals surface area contributed by atoms with E-state index in [2.05, 4.69) is 22.0 Å². The molecule has 1 amide bonds. The van der Waals surface area contributed by atoms with Gasteiger partial charge in [0.2, 0.25) is 0 Å². The molecule has 0 saturated carbocycles. The molecule has 4 nitrogen and oxygen atoms in total. The van der Waals surface area contributed by atoms with E-state index in [0.717, 1.165) is 26.2 Å². The van der Waals surface area contributed by atoms with Crippen molar-refractivity contribution in [3.63, 3.8) is 0 Å². The molecule has 0 N–H and O–H groups in total. The van der Waals surface area contributed by atoms with Gasteiger partial charge in [-0.1, -0.05) is 18.2 Å². The van der Waals surface area contributed by atoms with Gasteiger partial charge in [0.25, 0.3) is 5.91 Å². The van der Waals surface area contributed by atoms with E-state index in [4.69, 9.17) is 0 Å². The molecule has 0 unspecified atom stereocenters. The number of anilines is 1. The molecule has 22 heavy (non-hydrogen) atoms. The Labute approximate surface area is 143 Å². The first-order chi connectivity index (χ1) is 9.84. The van der Waals surface area contributed by atoms with Crippen LogP contribution in [0.4, 0.5) is 5.69 Å². The zero-order chi connectivity index (χ0) is 13.8. The molecule has 118 valence electrons. The molecular formula is C16H19Cl2N3O. The number of hydrogen-bond acceptors (Lipinski definition) is 3. The molecule has 1 aliphatic rings. The third-order valence-corrected chi connectivity index (χ3v) is 3.60. The average molecular weight is 340 g/mol. The molecule has 2 aromatic rings. The molecule has 1 saturated heterocycles. The van der Waals surface area contributed by atoms with Gasteiger partial charge in [0.1, 0.15) is 0 Å². The van der Waals surface area contributed by atoms with Gasteiger partial charge in [0.15, 0.2) is 0 Å². The van der Waals surface area contributed by atoms with Crippen molar-refractivity contribution < 1.29 is 4.79 Å². The van der Waals surface area contributed by atoms with Crippen LogP contribution in [0.5, 0.6) is 0 Å². The third-order valence-electron chi connectivity index (χ3n) is 3.60. The second-order valence-corrected chi connectivity index (χ2v) is 4.86. The second kappa shape index (κ2) is 8.61. The standard InChI is InChI=1S/C16H17N3O.2ClH/c20-16(14-5-4-8-17-13-14)19-11-9-18(10-12-19)15-6-2-1-3-7-15;;/h1-8,13H,9-12H2;2*1H. The smallest absolute Gasteiger partial charge is 0.255 e. The van der Waals surface area contributed by atoms with Crippen LogP contribution in [0.15, 0.2) is 54.9 Å². The molecular weight excluding hydrogens is 321 g/mol. The van der Waals surface area contributed by atoms with Crippen LogP contribution < -0.4 is 4.90 Å². The molecule has 1 fully saturated rings. The monoisotopic (exact) mass is 339 g/mol. The van der Waals surface area contributed by atoms with E-state index >= 15 is 0 Å². The molecule has 0 bridgehead atoms. The zero-order valence-corrected chi connectivity index (χ0v) is 13.7. The van der Waals surface area contributed by atoms with Crippen LogP contribution in [0, 0.1) is 0 Å². The van der Waals surface area contributed by atoms with Crippen LogP contribution in [-0.2, 0) is 0 Å². The summed E-state index contributed by atoms with van der Waals surface area (Å²) in [5.74, 6) is 0.0748. The molecule has 2 heterocycles. The first-order valence-corrected chi connectivity index (χ1v) is 6.84. The Kier molecular flexibility index (Phi) is 7.15. The predicted octanol–water partition coefficient (Wildman–Crippen LogP) is 2.89. The van der Waals surface area contributed by atoms with E-state index in [1.165, 1.54) is 5.69 Å². The van der Waals surface area contributed by atoms with Crippen molar-refractivity contribution >= 4 is 36.4 Å². The van der Waals surface area contributed by atoms with Crippen molar-refractivity contribution in [1.29, 1.82) is 0 Å². The van der Waals surface area contributed by atoms with Gasteiger partial charge in [-0.25, -0.2) is 0 Å². The highest BCUT2D eigenvalue weighted by Gasteiger charge is 2.22. The highest BCUT2D eigenvalue weighted by molar-refractivity contribution is 5.94. The molecule has 0 spiro atoms. The first-order valence-electron chi connectivity index (χ1n) is 6.84. The molecule has 6 heteroatoms. The van der Waals surface area contributed by atoms with Crippen molar-refractivity contribution in [1.82, 2.24) is 9.88 Å². The van der Waals surface area contributed by atoms with Gasteiger partial charge in [-0.05, 0) is 24.3 Å². The summed E-state index contributed by atoms with van der Waals surface area (Å²) in [6, 6.07) is 13.9. The van der Waals surface area contributed by atoms with Gasteiger partial charge in [0.05, 0.1) is 5.56 Å². The Morgan fingerprint density at radius 2 is 1.59 bits per heavy atom. The van der Waals surface area contributed by atoms with Crippen LogP contribution in [0.2, 0.25) is 0 Å². The number of para-hydroxylation sites is 1. The maximum absolute atomic E-state index is 12.3. The number of halogens is 2. The van der Waals surface area contributed by atoms with Crippen LogP contribution in [0.1, 0.15) is 10.4 Å². The minimum atomic E-state index is 0. The molecule has 1 aromatic heterocycles. The SMILES string of the molecule is Cl.Cl.O=C(c1cccnc1)N1CCN(c2ccccc2)CC1. The van der Waals surface area contributed by atoms with Gasteiger partial charge >= 0.3 is 0 Å². The highest BCUT2D eigenvalue weighted by Crippen LogP contribution is 2.16. The lowest BCUT2D eigenvalue weighted by molar-refractivity contribution is 0.0746. The lowest BCUT2D eigenvalue weighted by Gasteiger charge is -2.36. The fourth-order valence-electron chi connectivity index (χ4n) is 2.48. The molecule has 0 atom stereocenters. The number of nitrogens with zero attached hydrogens (tertiary/aromatic N) is 3. The largest absolute Gasteiger partial charge is 0.368 e. The van der Waals surface area contributed by atoms with E-state index in [1.54, 1.807) is 18.5 Å². The number of amides is 1. The summed E-state index contributed by atoms with van der Waals surface area (Å²) in [7, 11) is 0. The van der Waals surface area contributed by atoms with Crippen LogP contribution >= 0.6 is 24.8 Å². The third kappa shape index (κ3) is 4.12. The Bertz CT molecular complexity index is 572. The van der Waals surface area contributed by atoms with Gasteiger partial charge in [-0.15, -0.1) is 24.8 Å². The number of piperazine rings is 1. The summed E-state index contributed by atoms with van der Waals surface area (Å²) in [6.45, 7) is 3.25. The van der Waals surface area contributed by atoms with Crippen molar-refractivity contribution in [2.45, 2.75) is 0 Å². The normalized spacial score (nSPS) is 13.8. The molecule has 0 radical (unpaired) electrons. The minimum absolute atomic E-state index is 0. The number of hydrogen-bond donors (Lipinski definition) is 0. The summed E-state index contributed by atoms with van der Waals surface area (Å²) in [4.78, 5) is 20.5. The Morgan fingerprint density at radius 1 is 0.909 bits per heavy atom. The molecule has 3 rings (SSSR count). The van der Waals surface area contributed by atoms with E-state index in [9.17, 15) is 4.79 Å². The second-order valence-electron chi connectivity index (χ2n) is 4.86. The Morgan fingerprint density at radius 3 is 2.18 bits per heavy atom. The zero-order valence-electron chi connectivity index (χ0n) is 12.1. The van der Waals surface area contributed by atoms with Gasteiger partial charge in [0, 0.05) is 44.3 Å². The number of pyridine rings is 1. The first kappa shape index (κ1) is 18.3. The maximum atomic E-state index is 12.3. The quantitative estimate of drug-likeness (QED) is 0.844. The topological polar surface area (TPSA) is 36.4 Å². The molecule has 1 aromatic carbocycles. The maximum Gasteiger partial charge on any atom is 0.255 e.